The molecule has 1 saturated carbocycles. The molecule has 0 aromatic carbocycles. The summed E-state index contributed by atoms with van der Waals surface area (Å²) in [5, 5.41) is 6.94. The third-order valence-corrected chi connectivity index (χ3v) is 2.50. The first-order chi connectivity index (χ1) is 5.83. The Morgan fingerprint density at radius 1 is 1.33 bits per heavy atom. The largest absolute Gasteiger partial charge is 0.315 e. The van der Waals surface area contributed by atoms with Gasteiger partial charge in [0.2, 0.25) is 0 Å². The predicted molar refractivity (Wildman–Crippen MR) is 53.3 cm³/mol. The van der Waals surface area contributed by atoms with Gasteiger partial charge in [0.1, 0.15) is 0 Å². The van der Waals surface area contributed by atoms with Crippen LogP contribution in [0.4, 0.5) is 0 Å². The third kappa shape index (κ3) is 4.73. The summed E-state index contributed by atoms with van der Waals surface area (Å²) in [6, 6.07) is 0.857. The van der Waals surface area contributed by atoms with Gasteiger partial charge in [0.05, 0.1) is 0 Å². The number of rotatable bonds is 7. The Morgan fingerprint density at radius 2 is 2.08 bits per heavy atom. The molecule has 12 heavy (non-hydrogen) atoms. The highest BCUT2D eigenvalue weighted by atomic mass is 15.0. The number of hydrogen-bond acceptors (Lipinski definition) is 2. The Bertz CT molecular complexity index is 110. The van der Waals surface area contributed by atoms with E-state index in [-0.39, 0.29) is 0 Å². The minimum Gasteiger partial charge on any atom is -0.315 e. The van der Waals surface area contributed by atoms with Gasteiger partial charge in [-0.25, -0.2) is 0 Å². The zero-order valence-electron chi connectivity index (χ0n) is 8.40. The van der Waals surface area contributed by atoms with Crippen molar-refractivity contribution in [3.8, 4) is 0 Å². The van der Waals surface area contributed by atoms with Gasteiger partial charge >= 0.3 is 0 Å². The second-order valence-corrected chi connectivity index (χ2v) is 3.95. The summed E-state index contributed by atoms with van der Waals surface area (Å²) < 4.78 is 0. The summed E-state index contributed by atoms with van der Waals surface area (Å²) in [6.45, 7) is 7.97. The van der Waals surface area contributed by atoms with Crippen molar-refractivity contribution >= 4 is 0 Å². The van der Waals surface area contributed by atoms with Gasteiger partial charge in [0, 0.05) is 19.1 Å². The van der Waals surface area contributed by atoms with Gasteiger partial charge in [-0.05, 0) is 25.3 Å². The lowest BCUT2D eigenvalue weighted by Gasteiger charge is -2.09. The molecule has 72 valence electrons. The quantitative estimate of drug-likeness (QED) is 0.564. The van der Waals surface area contributed by atoms with E-state index in [0.717, 1.165) is 25.0 Å². The lowest BCUT2D eigenvalue weighted by Crippen LogP contribution is -2.31. The van der Waals surface area contributed by atoms with Crippen LogP contribution in [0.25, 0.3) is 0 Å². The Balaban J connectivity index is 1.75. The van der Waals surface area contributed by atoms with Gasteiger partial charge in [-0.15, -0.1) is 0 Å². The van der Waals surface area contributed by atoms with E-state index < -0.39 is 0 Å². The smallest absolute Gasteiger partial charge is 0.00793 e. The molecule has 2 N–H and O–H groups in total. The van der Waals surface area contributed by atoms with Crippen molar-refractivity contribution in [3.63, 3.8) is 0 Å². The van der Waals surface area contributed by atoms with E-state index in [9.17, 15) is 0 Å². The first-order valence-electron chi connectivity index (χ1n) is 5.27. The van der Waals surface area contributed by atoms with Crippen LogP contribution in [0.3, 0.4) is 0 Å². The van der Waals surface area contributed by atoms with Crippen molar-refractivity contribution in [1.29, 1.82) is 0 Å². The Hall–Kier alpha value is -0.0800. The van der Waals surface area contributed by atoms with E-state index in [1.807, 2.05) is 0 Å². The molecule has 1 aliphatic rings. The molecule has 1 rings (SSSR count). The van der Waals surface area contributed by atoms with E-state index in [2.05, 4.69) is 24.5 Å². The fourth-order valence-corrected chi connectivity index (χ4v) is 1.14. The van der Waals surface area contributed by atoms with Gasteiger partial charge < -0.3 is 10.6 Å². The average molecular weight is 170 g/mol. The monoisotopic (exact) mass is 170 g/mol. The number of nitrogens with one attached hydrogen (secondary N) is 2. The summed E-state index contributed by atoms with van der Waals surface area (Å²) in [6.07, 6.45) is 4.07. The Labute approximate surface area is 76.1 Å². The molecule has 1 atom stereocenters. The second-order valence-electron chi connectivity index (χ2n) is 3.95. The van der Waals surface area contributed by atoms with Crippen LogP contribution >= 0.6 is 0 Å². The van der Waals surface area contributed by atoms with Crippen molar-refractivity contribution in [2.75, 3.05) is 19.6 Å². The van der Waals surface area contributed by atoms with Crippen molar-refractivity contribution in [3.05, 3.63) is 0 Å². The molecular formula is C10H22N2. The van der Waals surface area contributed by atoms with Crippen LogP contribution in [0, 0.1) is 5.92 Å². The lowest BCUT2D eigenvalue weighted by molar-refractivity contribution is 0.492. The van der Waals surface area contributed by atoms with E-state index in [0.29, 0.717) is 0 Å². The van der Waals surface area contributed by atoms with Crippen molar-refractivity contribution in [1.82, 2.24) is 10.6 Å². The molecule has 1 unspecified atom stereocenters. The van der Waals surface area contributed by atoms with Crippen molar-refractivity contribution < 1.29 is 0 Å². The average Bonchev–Trinajstić information content (AvgIpc) is 2.87. The fraction of sp³-hybridized carbons (Fsp3) is 1.00. The summed E-state index contributed by atoms with van der Waals surface area (Å²) in [5.74, 6) is 0.825. The standard InChI is InChI=1S/C10H22N2/c1-3-9(2)8-11-6-7-12-10-4-5-10/h9-12H,3-8H2,1-2H3. The van der Waals surface area contributed by atoms with Gasteiger partial charge in [0.15, 0.2) is 0 Å². The van der Waals surface area contributed by atoms with E-state index in [1.54, 1.807) is 0 Å². The van der Waals surface area contributed by atoms with Crippen LogP contribution in [-0.4, -0.2) is 25.7 Å². The molecule has 1 fully saturated rings. The molecular weight excluding hydrogens is 148 g/mol. The maximum Gasteiger partial charge on any atom is 0.00793 e. The summed E-state index contributed by atoms with van der Waals surface area (Å²) >= 11 is 0. The molecule has 0 aliphatic heterocycles. The van der Waals surface area contributed by atoms with Crippen LogP contribution < -0.4 is 10.6 Å². The molecule has 0 bridgehead atoms. The van der Waals surface area contributed by atoms with Gasteiger partial charge in [-0.1, -0.05) is 20.3 Å². The first kappa shape index (κ1) is 10.0. The van der Waals surface area contributed by atoms with Crippen LogP contribution in [0.2, 0.25) is 0 Å². The molecule has 1 aliphatic carbocycles. The minimum absolute atomic E-state index is 0.825. The zero-order valence-corrected chi connectivity index (χ0v) is 8.40. The van der Waals surface area contributed by atoms with Crippen molar-refractivity contribution in [2.24, 2.45) is 5.92 Å². The van der Waals surface area contributed by atoms with Crippen molar-refractivity contribution in [2.45, 2.75) is 39.2 Å². The van der Waals surface area contributed by atoms with Crippen LogP contribution in [0.15, 0.2) is 0 Å². The molecule has 0 aromatic rings. The van der Waals surface area contributed by atoms with E-state index >= 15 is 0 Å². The molecule has 0 saturated heterocycles. The van der Waals surface area contributed by atoms with Gasteiger partial charge in [-0.2, -0.15) is 0 Å². The molecule has 0 aromatic heterocycles. The summed E-state index contributed by atoms with van der Waals surface area (Å²) in [4.78, 5) is 0. The highest BCUT2D eigenvalue weighted by molar-refractivity contribution is 4.80. The SMILES string of the molecule is CCC(C)CNCCNC1CC1. The third-order valence-electron chi connectivity index (χ3n) is 2.50. The fourth-order valence-electron chi connectivity index (χ4n) is 1.14. The van der Waals surface area contributed by atoms with Gasteiger partial charge in [-0.3, -0.25) is 0 Å². The molecule has 0 amide bonds. The summed E-state index contributed by atoms with van der Waals surface area (Å²) in [5.41, 5.74) is 0. The normalized spacial score (nSPS) is 19.5. The Morgan fingerprint density at radius 3 is 2.67 bits per heavy atom. The highest BCUT2D eigenvalue weighted by Gasteiger charge is 2.19. The molecule has 2 heteroatoms. The zero-order chi connectivity index (χ0) is 8.81. The first-order valence-corrected chi connectivity index (χ1v) is 5.27. The van der Waals surface area contributed by atoms with E-state index in [1.165, 1.54) is 25.8 Å². The number of hydrogen-bond donors (Lipinski definition) is 2. The van der Waals surface area contributed by atoms with Crippen LogP contribution in [0.1, 0.15) is 33.1 Å². The van der Waals surface area contributed by atoms with Crippen LogP contribution in [0.5, 0.6) is 0 Å². The Kier molecular flexibility index (Phi) is 4.62. The summed E-state index contributed by atoms with van der Waals surface area (Å²) in [7, 11) is 0. The van der Waals surface area contributed by atoms with Gasteiger partial charge in [0.25, 0.3) is 0 Å². The highest BCUT2D eigenvalue weighted by Crippen LogP contribution is 2.17. The predicted octanol–water partition coefficient (Wildman–Crippen LogP) is 1.37. The molecule has 2 nitrogen and oxygen atoms in total. The lowest BCUT2D eigenvalue weighted by atomic mass is 10.1. The second kappa shape index (κ2) is 5.55. The molecule has 0 heterocycles. The van der Waals surface area contributed by atoms with Crippen LogP contribution in [-0.2, 0) is 0 Å². The minimum atomic E-state index is 0.825. The molecule has 0 radical (unpaired) electrons. The maximum atomic E-state index is 3.49. The molecule has 0 spiro atoms. The van der Waals surface area contributed by atoms with E-state index in [4.69, 9.17) is 0 Å². The topological polar surface area (TPSA) is 24.1 Å². The maximum absolute atomic E-state index is 3.49.